The molecule has 0 aliphatic carbocycles. The summed E-state index contributed by atoms with van der Waals surface area (Å²) in [6.07, 6.45) is -0.277. The van der Waals surface area contributed by atoms with Gasteiger partial charge in [-0.3, -0.25) is 4.79 Å². The van der Waals surface area contributed by atoms with Gasteiger partial charge in [0, 0.05) is 6.42 Å². The molecule has 1 amide bonds. The second kappa shape index (κ2) is 12.4. The molecule has 0 heterocycles. The number of alkyl halides is 2. The van der Waals surface area contributed by atoms with Gasteiger partial charge in [0.2, 0.25) is 16.2 Å². The van der Waals surface area contributed by atoms with Gasteiger partial charge >= 0.3 is 6.61 Å². The van der Waals surface area contributed by atoms with E-state index in [0.717, 1.165) is 11.1 Å². The lowest BCUT2D eigenvalue weighted by Crippen LogP contribution is -2.38. The maximum atomic E-state index is 13.0. The summed E-state index contributed by atoms with van der Waals surface area (Å²) in [5, 5.41) is 11.3. The van der Waals surface area contributed by atoms with Crippen LogP contribution in [-0.2, 0) is 27.9 Å². The number of hydrogen-bond acceptors (Lipinski definition) is 5. The molecule has 0 bridgehead atoms. The molecule has 0 saturated heterocycles. The number of rotatable bonds is 10. The van der Waals surface area contributed by atoms with E-state index >= 15 is 0 Å². The Labute approximate surface area is 203 Å². The number of amides is 1. The van der Waals surface area contributed by atoms with Gasteiger partial charge in [-0.05, 0) is 34.7 Å². The fourth-order valence-corrected chi connectivity index (χ4v) is 4.39. The van der Waals surface area contributed by atoms with E-state index in [9.17, 15) is 22.0 Å². The van der Waals surface area contributed by atoms with Gasteiger partial charge in [0.1, 0.15) is 12.3 Å². The third kappa shape index (κ3) is 7.22. The third-order valence-corrected chi connectivity index (χ3v) is 6.15. The zero-order valence-corrected chi connectivity index (χ0v) is 19.3. The van der Waals surface area contributed by atoms with Crippen LogP contribution in [0.25, 0.3) is 11.1 Å². The van der Waals surface area contributed by atoms with Crippen LogP contribution < -0.4 is 10.1 Å². The molecule has 0 radical (unpaired) electrons. The van der Waals surface area contributed by atoms with Crippen LogP contribution in [-0.4, -0.2) is 32.3 Å². The van der Waals surface area contributed by atoms with Gasteiger partial charge in [-0.1, -0.05) is 72.8 Å². The lowest BCUT2D eigenvalue weighted by atomic mass is 9.90. The predicted octanol–water partition coefficient (Wildman–Crippen LogP) is 4.05. The Balaban J connectivity index is 1.98. The van der Waals surface area contributed by atoms with Crippen LogP contribution >= 0.6 is 0 Å². The van der Waals surface area contributed by atoms with Crippen molar-refractivity contribution < 1.29 is 26.7 Å². The Morgan fingerprint density at radius 1 is 0.971 bits per heavy atom. The second-order valence-electron chi connectivity index (χ2n) is 7.56. The maximum Gasteiger partial charge on any atom is 0.387 e. The predicted molar refractivity (Wildman–Crippen MR) is 128 cm³/mol. The molecule has 6 nitrogen and oxygen atoms in total. The monoisotopic (exact) mass is 496 g/mol. The van der Waals surface area contributed by atoms with E-state index < -0.39 is 28.7 Å². The number of carbonyl (C=O) groups excluding carboxylic acids is 1. The lowest BCUT2D eigenvalue weighted by molar-refractivity contribution is -0.122. The van der Waals surface area contributed by atoms with Crippen molar-refractivity contribution in [2.75, 3.05) is 6.54 Å². The second-order valence-corrected chi connectivity index (χ2v) is 8.56. The summed E-state index contributed by atoms with van der Waals surface area (Å²) in [4.78, 5) is 12.8. The standard InChI is InChI=1S/C26H22F2N2O4S/c27-26(28)34-23-12-5-4-10-21(23)17-24(35(32)33)22(25(31)30-14-13-29)16-18-7-6-11-20(15-18)19-8-2-1-3-9-19/h1-12,15,22,26H,14,16-17H2,(H,30,31). The van der Waals surface area contributed by atoms with E-state index in [2.05, 4.69) is 10.1 Å². The topological polar surface area (TPSA) is 96.3 Å². The molecule has 1 atom stereocenters. The van der Waals surface area contributed by atoms with Gasteiger partial charge in [-0.25, -0.2) is 0 Å². The van der Waals surface area contributed by atoms with Gasteiger partial charge in [-0.15, -0.1) is 0 Å². The fourth-order valence-electron chi connectivity index (χ4n) is 3.69. The summed E-state index contributed by atoms with van der Waals surface area (Å²) < 4.78 is 54.7. The van der Waals surface area contributed by atoms with Crippen molar-refractivity contribution in [3.8, 4) is 22.9 Å². The third-order valence-electron chi connectivity index (χ3n) is 5.29. The van der Waals surface area contributed by atoms with E-state index in [1.807, 2.05) is 48.5 Å². The summed E-state index contributed by atoms with van der Waals surface area (Å²) in [6, 6.07) is 24.5. The SMILES string of the molecule is N#CCNC(=O)C(Cc1cccc(-c2ccccc2)c1)C(Cc1ccccc1OC(F)F)=S(=O)=O. The van der Waals surface area contributed by atoms with Crippen molar-refractivity contribution in [3.05, 3.63) is 90.0 Å². The van der Waals surface area contributed by atoms with Gasteiger partial charge in [0.25, 0.3) is 0 Å². The number of nitriles is 1. The number of para-hydroxylation sites is 1. The van der Waals surface area contributed by atoms with Crippen LogP contribution in [0.4, 0.5) is 8.78 Å². The highest BCUT2D eigenvalue weighted by Crippen LogP contribution is 2.25. The first-order valence-electron chi connectivity index (χ1n) is 10.7. The number of benzene rings is 3. The van der Waals surface area contributed by atoms with Crippen LogP contribution in [0.5, 0.6) is 5.75 Å². The van der Waals surface area contributed by atoms with Gasteiger partial charge < -0.3 is 10.1 Å². The molecule has 3 rings (SSSR count). The van der Waals surface area contributed by atoms with Crippen molar-refractivity contribution in [1.29, 1.82) is 5.26 Å². The van der Waals surface area contributed by atoms with Crippen LogP contribution in [0.1, 0.15) is 11.1 Å². The number of nitrogens with zero attached hydrogens (tertiary/aromatic N) is 1. The van der Waals surface area contributed by atoms with Crippen molar-refractivity contribution >= 4 is 21.1 Å². The minimum atomic E-state index is -3.09. The van der Waals surface area contributed by atoms with E-state index in [1.54, 1.807) is 18.2 Å². The van der Waals surface area contributed by atoms with E-state index in [4.69, 9.17) is 5.26 Å². The molecule has 0 spiro atoms. The number of ether oxygens (including phenoxy) is 1. The van der Waals surface area contributed by atoms with Gasteiger partial charge in [0.05, 0.1) is 16.9 Å². The minimum absolute atomic E-state index is 0.0269. The summed E-state index contributed by atoms with van der Waals surface area (Å²) in [6.45, 7) is -3.39. The van der Waals surface area contributed by atoms with Crippen LogP contribution in [0, 0.1) is 17.2 Å². The molecule has 0 fully saturated rings. The van der Waals surface area contributed by atoms with E-state index in [1.165, 1.54) is 18.2 Å². The summed E-state index contributed by atoms with van der Waals surface area (Å²) >= 11 is 0. The van der Waals surface area contributed by atoms with Gasteiger partial charge in [-0.2, -0.15) is 22.5 Å². The number of hydrogen-bond donors (Lipinski definition) is 1. The molecule has 3 aromatic carbocycles. The Morgan fingerprint density at radius 3 is 2.34 bits per heavy atom. The zero-order chi connectivity index (χ0) is 25.2. The first-order chi connectivity index (χ1) is 16.9. The average Bonchev–Trinajstić information content (AvgIpc) is 2.86. The number of carbonyl (C=O) groups is 1. The molecule has 180 valence electrons. The average molecular weight is 497 g/mol. The Morgan fingerprint density at radius 2 is 1.66 bits per heavy atom. The molecule has 0 aliphatic rings. The Bertz CT molecular complexity index is 1350. The molecule has 0 aliphatic heterocycles. The fraction of sp³-hybridized carbons (Fsp3) is 0.192. The quantitative estimate of drug-likeness (QED) is 0.338. The first kappa shape index (κ1) is 25.6. The highest BCUT2D eigenvalue weighted by atomic mass is 32.2. The van der Waals surface area contributed by atoms with Gasteiger partial charge in [0.15, 0.2) is 0 Å². The van der Waals surface area contributed by atoms with E-state index in [-0.39, 0.29) is 35.6 Å². The molecular weight excluding hydrogens is 474 g/mol. The molecular formula is C26H22F2N2O4S. The van der Waals surface area contributed by atoms with Crippen molar-refractivity contribution in [2.24, 2.45) is 5.92 Å². The molecule has 1 unspecified atom stereocenters. The smallest absolute Gasteiger partial charge is 0.387 e. The molecule has 0 aromatic heterocycles. The van der Waals surface area contributed by atoms with Crippen molar-refractivity contribution in [2.45, 2.75) is 19.5 Å². The van der Waals surface area contributed by atoms with E-state index in [0.29, 0.717) is 5.56 Å². The summed E-state index contributed by atoms with van der Waals surface area (Å²) in [5.74, 6) is -1.98. The van der Waals surface area contributed by atoms with Crippen molar-refractivity contribution in [1.82, 2.24) is 5.32 Å². The summed E-state index contributed by atoms with van der Waals surface area (Å²) in [5.41, 5.74) is 2.74. The largest absolute Gasteiger partial charge is 0.435 e. The van der Waals surface area contributed by atoms with Crippen molar-refractivity contribution in [3.63, 3.8) is 0 Å². The first-order valence-corrected chi connectivity index (χ1v) is 11.7. The molecule has 3 aromatic rings. The Hall–Kier alpha value is -4.03. The number of halogens is 2. The highest BCUT2D eigenvalue weighted by molar-refractivity contribution is 7.73. The molecule has 1 N–H and O–H groups in total. The molecule has 9 heteroatoms. The van der Waals surface area contributed by atoms with Crippen LogP contribution in [0.2, 0.25) is 0 Å². The van der Waals surface area contributed by atoms with Crippen LogP contribution in [0.15, 0.2) is 78.9 Å². The lowest BCUT2D eigenvalue weighted by Gasteiger charge is -2.18. The normalized spacial score (nSPS) is 11.4. The van der Waals surface area contributed by atoms with Crippen LogP contribution in [0.3, 0.4) is 0 Å². The zero-order valence-electron chi connectivity index (χ0n) is 18.5. The molecule has 35 heavy (non-hydrogen) atoms. The maximum absolute atomic E-state index is 13.0. The number of nitrogens with one attached hydrogen (secondary N) is 1. The molecule has 0 saturated carbocycles. The summed E-state index contributed by atoms with van der Waals surface area (Å²) in [7, 11) is -2.82. The minimum Gasteiger partial charge on any atom is -0.435 e. The highest BCUT2D eigenvalue weighted by Gasteiger charge is 2.27. The Kier molecular flexibility index (Phi) is 9.09.